The van der Waals surface area contributed by atoms with Crippen molar-refractivity contribution in [2.45, 2.75) is 32.1 Å². The van der Waals surface area contributed by atoms with Crippen molar-refractivity contribution < 1.29 is 4.79 Å². The van der Waals surface area contributed by atoms with E-state index in [9.17, 15) is 4.79 Å². The normalized spacial score (nSPS) is 15.1. The first-order valence-electron chi connectivity index (χ1n) is 9.63. The van der Waals surface area contributed by atoms with Crippen molar-refractivity contribution in [3.63, 3.8) is 0 Å². The number of fused-ring (bicyclic) bond motifs is 1. The SMILES string of the molecule is O=C1CCCCCN1CCCNc1ncnc2sc(-c3ccccc3)cc12. The molecule has 6 heteroatoms. The zero-order valence-corrected chi connectivity index (χ0v) is 16.2. The van der Waals surface area contributed by atoms with Crippen molar-refractivity contribution in [3.05, 3.63) is 42.7 Å². The summed E-state index contributed by atoms with van der Waals surface area (Å²) in [6.07, 6.45) is 6.58. The minimum Gasteiger partial charge on any atom is -0.369 e. The molecule has 0 atom stereocenters. The lowest BCUT2D eigenvalue weighted by molar-refractivity contribution is -0.130. The molecule has 0 bridgehead atoms. The van der Waals surface area contributed by atoms with Gasteiger partial charge in [0, 0.05) is 30.9 Å². The van der Waals surface area contributed by atoms with Gasteiger partial charge >= 0.3 is 0 Å². The fourth-order valence-corrected chi connectivity index (χ4v) is 4.50. The van der Waals surface area contributed by atoms with E-state index >= 15 is 0 Å². The summed E-state index contributed by atoms with van der Waals surface area (Å²) in [5, 5.41) is 4.50. The lowest BCUT2D eigenvalue weighted by Gasteiger charge is -2.20. The predicted octanol–water partition coefficient (Wildman–Crippen LogP) is 4.56. The Morgan fingerprint density at radius 1 is 1.11 bits per heavy atom. The second-order valence-electron chi connectivity index (χ2n) is 6.89. The van der Waals surface area contributed by atoms with Crippen LogP contribution < -0.4 is 5.32 Å². The van der Waals surface area contributed by atoms with Crippen molar-refractivity contribution in [1.82, 2.24) is 14.9 Å². The molecule has 3 aromatic rings. The van der Waals surface area contributed by atoms with Gasteiger partial charge in [-0.3, -0.25) is 4.79 Å². The van der Waals surface area contributed by atoms with Crippen LogP contribution in [0.1, 0.15) is 32.1 Å². The fourth-order valence-electron chi connectivity index (χ4n) is 3.49. The van der Waals surface area contributed by atoms with E-state index < -0.39 is 0 Å². The van der Waals surface area contributed by atoms with Gasteiger partial charge in [0.25, 0.3) is 0 Å². The van der Waals surface area contributed by atoms with Crippen LogP contribution in [0, 0.1) is 0 Å². The van der Waals surface area contributed by atoms with E-state index in [0.717, 1.165) is 54.9 Å². The van der Waals surface area contributed by atoms with Crippen LogP contribution in [0.4, 0.5) is 5.82 Å². The molecule has 4 rings (SSSR count). The average molecular weight is 381 g/mol. The van der Waals surface area contributed by atoms with Crippen LogP contribution in [0.2, 0.25) is 0 Å². The molecule has 1 aliphatic rings. The first-order valence-corrected chi connectivity index (χ1v) is 10.4. The van der Waals surface area contributed by atoms with Gasteiger partial charge in [-0.05, 0) is 30.9 Å². The largest absolute Gasteiger partial charge is 0.369 e. The molecular weight excluding hydrogens is 356 g/mol. The maximum Gasteiger partial charge on any atom is 0.222 e. The Labute approximate surface area is 163 Å². The van der Waals surface area contributed by atoms with Crippen molar-refractivity contribution >= 4 is 33.3 Å². The summed E-state index contributed by atoms with van der Waals surface area (Å²) in [4.78, 5) is 25.1. The van der Waals surface area contributed by atoms with Gasteiger partial charge in [0.2, 0.25) is 5.91 Å². The number of likely N-dealkylation sites (tertiary alicyclic amines) is 1. The monoisotopic (exact) mass is 380 g/mol. The van der Waals surface area contributed by atoms with E-state index in [4.69, 9.17) is 0 Å². The van der Waals surface area contributed by atoms with Crippen molar-refractivity contribution in [2.24, 2.45) is 0 Å². The summed E-state index contributed by atoms with van der Waals surface area (Å²) >= 11 is 1.69. The number of hydrogen-bond donors (Lipinski definition) is 1. The van der Waals surface area contributed by atoms with Crippen LogP contribution in [-0.4, -0.2) is 40.4 Å². The number of thiophene rings is 1. The van der Waals surface area contributed by atoms with Crippen molar-refractivity contribution in [1.29, 1.82) is 0 Å². The summed E-state index contributed by atoms with van der Waals surface area (Å²) < 4.78 is 0. The van der Waals surface area contributed by atoms with Gasteiger partial charge in [-0.1, -0.05) is 36.8 Å². The van der Waals surface area contributed by atoms with Gasteiger partial charge in [0.1, 0.15) is 17.0 Å². The standard InChI is InChI=1S/C21H24N4OS/c26-19-10-5-2-6-12-25(19)13-7-11-22-20-17-14-18(16-8-3-1-4-9-16)27-21(17)24-15-23-20/h1,3-4,8-9,14-15H,2,5-7,10-13H2,(H,22,23,24). The zero-order valence-electron chi connectivity index (χ0n) is 15.4. The lowest BCUT2D eigenvalue weighted by Crippen LogP contribution is -2.32. The van der Waals surface area contributed by atoms with Crippen LogP contribution in [0.15, 0.2) is 42.7 Å². The van der Waals surface area contributed by atoms with Gasteiger partial charge in [0.05, 0.1) is 5.39 Å². The molecule has 5 nitrogen and oxygen atoms in total. The fraction of sp³-hybridized carbons (Fsp3) is 0.381. The molecule has 0 saturated carbocycles. The summed E-state index contributed by atoms with van der Waals surface area (Å²) in [5.41, 5.74) is 1.20. The molecule has 3 heterocycles. The minimum absolute atomic E-state index is 0.308. The number of rotatable bonds is 6. The van der Waals surface area contributed by atoms with Gasteiger partial charge < -0.3 is 10.2 Å². The van der Waals surface area contributed by atoms with Gasteiger partial charge in [0.15, 0.2) is 0 Å². The van der Waals surface area contributed by atoms with Gasteiger partial charge in [-0.15, -0.1) is 11.3 Å². The Balaban J connectivity index is 1.40. The number of anilines is 1. The van der Waals surface area contributed by atoms with E-state index in [1.807, 2.05) is 11.0 Å². The Morgan fingerprint density at radius 2 is 2.00 bits per heavy atom. The van der Waals surface area contributed by atoms with E-state index in [-0.39, 0.29) is 0 Å². The molecule has 2 aromatic heterocycles. The van der Waals surface area contributed by atoms with Gasteiger partial charge in [-0.25, -0.2) is 9.97 Å². The van der Waals surface area contributed by atoms with Gasteiger partial charge in [-0.2, -0.15) is 0 Å². The first kappa shape index (κ1) is 17.9. The Bertz CT molecular complexity index is 909. The molecule has 1 fully saturated rings. The molecule has 0 radical (unpaired) electrons. The third-order valence-corrected chi connectivity index (χ3v) is 6.05. The van der Waals surface area contributed by atoms with Crippen LogP contribution in [-0.2, 0) is 4.79 Å². The molecule has 0 unspecified atom stereocenters. The quantitative estimate of drug-likeness (QED) is 0.637. The zero-order chi connectivity index (χ0) is 18.5. The third kappa shape index (κ3) is 4.27. The molecule has 27 heavy (non-hydrogen) atoms. The molecule has 1 aliphatic heterocycles. The van der Waals surface area contributed by atoms with Crippen LogP contribution in [0.25, 0.3) is 20.7 Å². The number of aromatic nitrogens is 2. The minimum atomic E-state index is 0.308. The van der Waals surface area contributed by atoms with E-state index in [1.54, 1.807) is 17.7 Å². The number of nitrogens with zero attached hydrogens (tertiary/aromatic N) is 3. The number of carbonyl (C=O) groups excluding carboxylic acids is 1. The number of hydrogen-bond acceptors (Lipinski definition) is 5. The molecule has 1 N–H and O–H groups in total. The van der Waals surface area contributed by atoms with Crippen LogP contribution in [0.3, 0.4) is 0 Å². The molecule has 140 valence electrons. The highest BCUT2D eigenvalue weighted by atomic mass is 32.1. The molecule has 1 aromatic carbocycles. The van der Waals surface area contributed by atoms with E-state index in [2.05, 4.69) is 45.6 Å². The smallest absolute Gasteiger partial charge is 0.222 e. The number of amides is 1. The Kier molecular flexibility index (Phi) is 5.63. The maximum absolute atomic E-state index is 12.1. The summed E-state index contributed by atoms with van der Waals surface area (Å²) in [6.45, 7) is 2.52. The second kappa shape index (κ2) is 8.48. The topological polar surface area (TPSA) is 58.1 Å². The number of nitrogens with one attached hydrogen (secondary N) is 1. The third-order valence-electron chi connectivity index (χ3n) is 4.96. The highest BCUT2D eigenvalue weighted by Crippen LogP contribution is 2.34. The summed E-state index contributed by atoms with van der Waals surface area (Å²) in [5.74, 6) is 1.18. The lowest BCUT2D eigenvalue weighted by atomic mass is 10.2. The second-order valence-corrected chi connectivity index (χ2v) is 7.92. The molecule has 1 saturated heterocycles. The Hall–Kier alpha value is -2.47. The number of benzene rings is 1. The maximum atomic E-state index is 12.1. The van der Waals surface area contributed by atoms with Crippen LogP contribution >= 0.6 is 11.3 Å². The average Bonchev–Trinajstić information content (AvgIpc) is 3.04. The molecule has 0 aliphatic carbocycles. The van der Waals surface area contributed by atoms with Crippen LogP contribution in [0.5, 0.6) is 0 Å². The first-order chi connectivity index (χ1) is 13.3. The van der Waals surface area contributed by atoms with E-state index in [1.165, 1.54) is 16.9 Å². The Morgan fingerprint density at radius 3 is 2.89 bits per heavy atom. The molecular formula is C21H24N4OS. The molecule has 1 amide bonds. The van der Waals surface area contributed by atoms with E-state index in [0.29, 0.717) is 12.3 Å². The summed E-state index contributed by atoms with van der Waals surface area (Å²) in [7, 11) is 0. The summed E-state index contributed by atoms with van der Waals surface area (Å²) in [6, 6.07) is 12.5. The van der Waals surface area contributed by atoms with Crippen molar-refractivity contribution in [3.8, 4) is 10.4 Å². The molecule has 0 spiro atoms. The predicted molar refractivity (Wildman–Crippen MR) is 111 cm³/mol. The highest BCUT2D eigenvalue weighted by molar-refractivity contribution is 7.21. The number of carbonyl (C=O) groups is 1. The highest BCUT2D eigenvalue weighted by Gasteiger charge is 2.16. The van der Waals surface area contributed by atoms with Crippen molar-refractivity contribution in [2.75, 3.05) is 25.0 Å².